The van der Waals surface area contributed by atoms with Crippen molar-refractivity contribution in [3.8, 4) is 0 Å². The number of nitrogens with zero attached hydrogens (tertiary/aromatic N) is 2. The largest absolute Gasteiger partial charge is 0.376 e. The van der Waals surface area contributed by atoms with Gasteiger partial charge in [-0.25, -0.2) is 4.98 Å². The van der Waals surface area contributed by atoms with Gasteiger partial charge in [0, 0.05) is 32.4 Å². The van der Waals surface area contributed by atoms with E-state index >= 15 is 0 Å². The molecule has 17 heavy (non-hydrogen) atoms. The number of ether oxygens (including phenoxy) is 1. The Bertz CT molecular complexity index is 369. The molecule has 0 bridgehead atoms. The predicted octanol–water partition coefficient (Wildman–Crippen LogP) is 1.73. The van der Waals surface area contributed by atoms with Crippen molar-refractivity contribution >= 4 is 5.82 Å². The SMILES string of the molecule is CNc1cc(CN2CC(C)OCC2C)ccn1. The highest BCUT2D eigenvalue weighted by Gasteiger charge is 2.23. The van der Waals surface area contributed by atoms with Gasteiger partial charge in [0.1, 0.15) is 5.82 Å². The van der Waals surface area contributed by atoms with E-state index in [2.05, 4.69) is 41.2 Å². The quantitative estimate of drug-likeness (QED) is 0.866. The van der Waals surface area contributed by atoms with E-state index in [4.69, 9.17) is 4.74 Å². The molecule has 0 aromatic carbocycles. The first-order valence-electron chi connectivity index (χ1n) is 6.17. The van der Waals surface area contributed by atoms with Crippen LogP contribution in [0, 0.1) is 0 Å². The maximum atomic E-state index is 5.64. The van der Waals surface area contributed by atoms with E-state index in [1.54, 1.807) is 0 Å². The molecule has 94 valence electrons. The zero-order valence-corrected chi connectivity index (χ0v) is 10.8. The summed E-state index contributed by atoms with van der Waals surface area (Å²) < 4.78 is 5.64. The van der Waals surface area contributed by atoms with Crippen molar-refractivity contribution in [3.63, 3.8) is 0 Å². The van der Waals surface area contributed by atoms with Crippen molar-refractivity contribution in [2.24, 2.45) is 0 Å². The number of rotatable bonds is 3. The van der Waals surface area contributed by atoms with Crippen LogP contribution in [0.4, 0.5) is 5.82 Å². The van der Waals surface area contributed by atoms with Gasteiger partial charge in [0.15, 0.2) is 0 Å². The highest BCUT2D eigenvalue weighted by atomic mass is 16.5. The molecule has 0 radical (unpaired) electrons. The van der Waals surface area contributed by atoms with E-state index in [1.807, 2.05) is 13.2 Å². The van der Waals surface area contributed by atoms with Crippen LogP contribution in [0.3, 0.4) is 0 Å². The van der Waals surface area contributed by atoms with Gasteiger partial charge in [0.05, 0.1) is 12.7 Å². The number of nitrogens with one attached hydrogen (secondary N) is 1. The minimum Gasteiger partial charge on any atom is -0.376 e. The van der Waals surface area contributed by atoms with Gasteiger partial charge in [-0.15, -0.1) is 0 Å². The summed E-state index contributed by atoms with van der Waals surface area (Å²) in [5, 5.41) is 3.07. The van der Waals surface area contributed by atoms with Crippen LogP contribution < -0.4 is 5.32 Å². The van der Waals surface area contributed by atoms with Gasteiger partial charge in [-0.2, -0.15) is 0 Å². The van der Waals surface area contributed by atoms with Crippen LogP contribution in [0.1, 0.15) is 19.4 Å². The van der Waals surface area contributed by atoms with Crippen LogP contribution in [0.25, 0.3) is 0 Å². The molecule has 4 nitrogen and oxygen atoms in total. The Balaban J connectivity index is 2.03. The minimum atomic E-state index is 0.330. The lowest BCUT2D eigenvalue weighted by atomic mass is 10.1. The summed E-state index contributed by atoms with van der Waals surface area (Å²) in [6, 6.07) is 4.66. The van der Waals surface area contributed by atoms with E-state index in [-0.39, 0.29) is 0 Å². The van der Waals surface area contributed by atoms with Gasteiger partial charge in [-0.3, -0.25) is 4.90 Å². The van der Waals surface area contributed by atoms with Crippen LogP contribution in [0.15, 0.2) is 18.3 Å². The van der Waals surface area contributed by atoms with Crippen molar-refractivity contribution in [3.05, 3.63) is 23.9 Å². The third kappa shape index (κ3) is 3.17. The number of hydrogen-bond acceptors (Lipinski definition) is 4. The maximum Gasteiger partial charge on any atom is 0.125 e. The van der Waals surface area contributed by atoms with Crippen LogP contribution in [0.5, 0.6) is 0 Å². The fourth-order valence-electron chi connectivity index (χ4n) is 2.14. The van der Waals surface area contributed by atoms with Crippen LogP contribution >= 0.6 is 0 Å². The first-order valence-corrected chi connectivity index (χ1v) is 6.17. The molecular formula is C13H21N3O. The van der Waals surface area contributed by atoms with Crippen LogP contribution in [-0.4, -0.2) is 42.2 Å². The average molecular weight is 235 g/mol. The Hall–Kier alpha value is -1.13. The first kappa shape index (κ1) is 12.3. The predicted molar refractivity (Wildman–Crippen MR) is 69.1 cm³/mol. The van der Waals surface area contributed by atoms with Gasteiger partial charge in [0.2, 0.25) is 0 Å². The fraction of sp³-hybridized carbons (Fsp3) is 0.615. The van der Waals surface area contributed by atoms with E-state index in [9.17, 15) is 0 Å². The minimum absolute atomic E-state index is 0.330. The third-order valence-corrected chi connectivity index (χ3v) is 3.20. The topological polar surface area (TPSA) is 37.4 Å². The lowest BCUT2D eigenvalue weighted by Crippen LogP contribution is -2.46. The van der Waals surface area contributed by atoms with E-state index < -0.39 is 0 Å². The molecule has 2 rings (SSSR count). The molecular weight excluding hydrogens is 214 g/mol. The summed E-state index contributed by atoms with van der Waals surface area (Å²) in [5.74, 6) is 0.927. The molecule has 0 saturated carbocycles. The van der Waals surface area contributed by atoms with Gasteiger partial charge >= 0.3 is 0 Å². The zero-order valence-electron chi connectivity index (χ0n) is 10.8. The number of pyridine rings is 1. The maximum absolute atomic E-state index is 5.64. The molecule has 1 aliphatic rings. The molecule has 2 unspecified atom stereocenters. The summed E-state index contributed by atoms with van der Waals surface area (Å²) in [5.41, 5.74) is 1.30. The molecule has 1 fully saturated rings. The van der Waals surface area contributed by atoms with Gasteiger partial charge in [-0.1, -0.05) is 0 Å². The van der Waals surface area contributed by atoms with Crippen molar-refractivity contribution < 1.29 is 4.74 Å². The van der Waals surface area contributed by atoms with E-state index in [0.29, 0.717) is 12.1 Å². The highest BCUT2D eigenvalue weighted by molar-refractivity contribution is 5.36. The number of aromatic nitrogens is 1. The molecule has 0 aliphatic carbocycles. The summed E-state index contributed by atoms with van der Waals surface area (Å²) in [6.07, 6.45) is 2.19. The molecule has 1 saturated heterocycles. The van der Waals surface area contributed by atoms with Gasteiger partial charge in [-0.05, 0) is 31.5 Å². The summed E-state index contributed by atoms with van der Waals surface area (Å²) in [4.78, 5) is 6.69. The van der Waals surface area contributed by atoms with Crippen LogP contribution in [0.2, 0.25) is 0 Å². The Morgan fingerprint density at radius 3 is 3.12 bits per heavy atom. The van der Waals surface area contributed by atoms with Crippen molar-refractivity contribution in [2.75, 3.05) is 25.5 Å². The Labute approximate surface area is 103 Å². The number of morpholine rings is 1. The number of anilines is 1. The Kier molecular flexibility index (Phi) is 3.97. The second-order valence-corrected chi connectivity index (χ2v) is 4.72. The standard InChI is InChI=1S/C13H21N3O/c1-10-9-17-11(2)7-16(10)8-12-4-5-15-13(6-12)14-3/h4-6,10-11H,7-9H2,1-3H3,(H,14,15). The van der Waals surface area contributed by atoms with Crippen molar-refractivity contribution in [1.29, 1.82) is 0 Å². The Morgan fingerprint density at radius 1 is 1.53 bits per heavy atom. The second-order valence-electron chi connectivity index (χ2n) is 4.72. The molecule has 1 aliphatic heterocycles. The molecule has 2 heterocycles. The summed E-state index contributed by atoms with van der Waals surface area (Å²) in [7, 11) is 1.89. The Morgan fingerprint density at radius 2 is 2.35 bits per heavy atom. The molecule has 4 heteroatoms. The number of hydrogen-bond donors (Lipinski definition) is 1. The molecule has 2 atom stereocenters. The van der Waals surface area contributed by atoms with Gasteiger partial charge < -0.3 is 10.1 Å². The second kappa shape index (κ2) is 5.47. The molecule has 0 spiro atoms. The van der Waals surface area contributed by atoms with Crippen molar-refractivity contribution in [1.82, 2.24) is 9.88 Å². The normalized spacial score (nSPS) is 25.8. The van der Waals surface area contributed by atoms with Gasteiger partial charge in [0.25, 0.3) is 0 Å². The lowest BCUT2D eigenvalue weighted by molar-refractivity contribution is -0.0526. The monoisotopic (exact) mass is 235 g/mol. The van der Waals surface area contributed by atoms with E-state index in [1.165, 1.54) is 5.56 Å². The summed E-state index contributed by atoms with van der Waals surface area (Å²) in [6.45, 7) is 7.13. The smallest absolute Gasteiger partial charge is 0.125 e. The fourth-order valence-corrected chi connectivity index (χ4v) is 2.14. The summed E-state index contributed by atoms with van der Waals surface area (Å²) >= 11 is 0. The molecule has 1 N–H and O–H groups in total. The molecule has 1 aromatic heterocycles. The first-order chi connectivity index (χ1) is 8.19. The van der Waals surface area contributed by atoms with E-state index in [0.717, 1.165) is 25.5 Å². The lowest BCUT2D eigenvalue weighted by Gasteiger charge is -2.36. The molecule has 1 aromatic rings. The van der Waals surface area contributed by atoms with Crippen molar-refractivity contribution in [2.45, 2.75) is 32.5 Å². The third-order valence-electron chi connectivity index (χ3n) is 3.20. The van der Waals surface area contributed by atoms with Crippen LogP contribution in [-0.2, 0) is 11.3 Å². The average Bonchev–Trinajstić information content (AvgIpc) is 2.34. The highest BCUT2D eigenvalue weighted by Crippen LogP contribution is 2.16. The molecule has 0 amide bonds. The zero-order chi connectivity index (χ0) is 12.3.